The van der Waals surface area contributed by atoms with Crippen LogP contribution in [0, 0.1) is 13.8 Å². The molecule has 2 rings (SSSR count). The zero-order chi connectivity index (χ0) is 16.7. The Morgan fingerprint density at radius 2 is 2.13 bits per heavy atom. The smallest absolute Gasteiger partial charge is 0.230 e. The summed E-state index contributed by atoms with van der Waals surface area (Å²) in [5, 5.41) is 14.9. The predicted molar refractivity (Wildman–Crippen MR) is 94.7 cm³/mol. The van der Waals surface area contributed by atoms with Gasteiger partial charge in [-0.2, -0.15) is 0 Å². The number of aromatic nitrogens is 2. The summed E-state index contributed by atoms with van der Waals surface area (Å²) in [5.41, 5.74) is 3.46. The zero-order valence-corrected chi connectivity index (χ0v) is 15.0. The summed E-state index contributed by atoms with van der Waals surface area (Å²) in [7, 11) is 1.60. The molecular formula is C15H20N4O2S2. The topological polar surface area (TPSA) is 76.1 Å². The molecule has 124 valence electrons. The van der Waals surface area contributed by atoms with Gasteiger partial charge in [-0.15, -0.1) is 10.2 Å². The van der Waals surface area contributed by atoms with Gasteiger partial charge in [-0.3, -0.25) is 4.79 Å². The summed E-state index contributed by atoms with van der Waals surface area (Å²) >= 11 is 2.81. The first-order valence-electron chi connectivity index (χ1n) is 7.14. The number of anilines is 2. The number of carbonyl (C=O) groups excluding carboxylic acids is 1. The summed E-state index contributed by atoms with van der Waals surface area (Å²) in [4.78, 5) is 11.6. The lowest BCUT2D eigenvalue weighted by atomic mass is 10.1. The molecule has 0 aliphatic heterocycles. The lowest BCUT2D eigenvalue weighted by Crippen LogP contribution is -2.28. The molecule has 0 aliphatic rings. The van der Waals surface area contributed by atoms with Gasteiger partial charge in [0.05, 0.1) is 12.4 Å². The molecule has 0 aliphatic carbocycles. The number of carbonyl (C=O) groups is 1. The van der Waals surface area contributed by atoms with E-state index >= 15 is 0 Å². The number of aryl methyl sites for hydroxylation is 2. The first-order valence-corrected chi connectivity index (χ1v) is 8.95. The molecule has 6 nitrogen and oxygen atoms in total. The summed E-state index contributed by atoms with van der Waals surface area (Å²) in [5.74, 6) is 0.285. The average molecular weight is 352 g/mol. The fourth-order valence-corrected chi connectivity index (χ4v) is 3.33. The van der Waals surface area contributed by atoms with E-state index < -0.39 is 0 Å². The Balaban J connectivity index is 1.83. The second-order valence-corrected chi connectivity index (χ2v) is 7.13. The second-order valence-electron chi connectivity index (χ2n) is 4.93. The van der Waals surface area contributed by atoms with Gasteiger partial charge < -0.3 is 15.4 Å². The normalized spacial score (nSPS) is 10.6. The molecular weight excluding hydrogens is 332 g/mol. The van der Waals surface area contributed by atoms with Gasteiger partial charge in [-0.1, -0.05) is 29.2 Å². The van der Waals surface area contributed by atoms with Crippen LogP contribution in [0.1, 0.15) is 11.1 Å². The fourth-order valence-electron chi connectivity index (χ4n) is 1.73. The number of ether oxygens (including phenoxy) is 1. The van der Waals surface area contributed by atoms with Gasteiger partial charge in [0.1, 0.15) is 0 Å². The van der Waals surface area contributed by atoms with Crippen molar-refractivity contribution in [2.75, 3.05) is 31.3 Å². The van der Waals surface area contributed by atoms with E-state index in [0.717, 1.165) is 15.2 Å². The number of rotatable bonds is 8. The molecule has 0 saturated carbocycles. The predicted octanol–water partition coefficient (Wildman–Crippen LogP) is 2.75. The van der Waals surface area contributed by atoms with Crippen molar-refractivity contribution in [2.45, 2.75) is 18.2 Å². The molecule has 1 aromatic carbocycles. The number of benzene rings is 1. The van der Waals surface area contributed by atoms with Crippen LogP contribution in [0.15, 0.2) is 22.5 Å². The van der Waals surface area contributed by atoms with Crippen LogP contribution in [0.4, 0.5) is 10.8 Å². The van der Waals surface area contributed by atoms with E-state index in [4.69, 9.17) is 4.74 Å². The van der Waals surface area contributed by atoms with Crippen LogP contribution < -0.4 is 10.6 Å². The van der Waals surface area contributed by atoms with E-state index in [1.165, 1.54) is 34.2 Å². The highest BCUT2D eigenvalue weighted by Crippen LogP contribution is 2.28. The molecule has 2 aromatic rings. The number of hydrogen-bond acceptors (Lipinski definition) is 7. The number of thioether (sulfide) groups is 1. The van der Waals surface area contributed by atoms with Gasteiger partial charge >= 0.3 is 0 Å². The third kappa shape index (κ3) is 5.81. The van der Waals surface area contributed by atoms with Gasteiger partial charge in [0.2, 0.25) is 11.0 Å². The first kappa shape index (κ1) is 17.7. The third-order valence-electron chi connectivity index (χ3n) is 3.12. The van der Waals surface area contributed by atoms with Crippen LogP contribution in [0.2, 0.25) is 0 Å². The van der Waals surface area contributed by atoms with Gasteiger partial charge in [0.25, 0.3) is 0 Å². The zero-order valence-electron chi connectivity index (χ0n) is 13.4. The highest BCUT2D eigenvalue weighted by Gasteiger charge is 2.08. The van der Waals surface area contributed by atoms with Gasteiger partial charge in [-0.25, -0.2) is 0 Å². The van der Waals surface area contributed by atoms with Gasteiger partial charge in [-0.05, 0) is 37.1 Å². The SMILES string of the molecule is COCCNC(=O)CSc1nnc(Nc2ccc(C)c(C)c2)s1. The Hall–Kier alpha value is -1.64. The van der Waals surface area contributed by atoms with Crippen LogP contribution in [0.3, 0.4) is 0 Å². The molecule has 8 heteroatoms. The molecule has 0 fully saturated rings. The van der Waals surface area contributed by atoms with Gasteiger partial charge in [0, 0.05) is 19.3 Å². The van der Waals surface area contributed by atoms with Crippen molar-refractivity contribution in [3.8, 4) is 0 Å². The number of methoxy groups -OCH3 is 1. The maximum Gasteiger partial charge on any atom is 0.230 e. The number of nitrogens with zero attached hydrogens (tertiary/aromatic N) is 2. The maximum atomic E-state index is 11.6. The largest absolute Gasteiger partial charge is 0.383 e. The van der Waals surface area contributed by atoms with Crippen molar-refractivity contribution < 1.29 is 9.53 Å². The summed E-state index contributed by atoms with van der Waals surface area (Å²) in [6.45, 7) is 5.19. The van der Waals surface area contributed by atoms with Crippen molar-refractivity contribution in [3.63, 3.8) is 0 Å². The highest BCUT2D eigenvalue weighted by molar-refractivity contribution is 8.01. The Morgan fingerprint density at radius 1 is 1.30 bits per heavy atom. The Bertz CT molecular complexity index is 661. The van der Waals surface area contributed by atoms with Crippen molar-refractivity contribution in [3.05, 3.63) is 29.3 Å². The minimum atomic E-state index is -0.0362. The molecule has 1 aromatic heterocycles. The van der Waals surface area contributed by atoms with E-state index in [9.17, 15) is 4.79 Å². The minimum absolute atomic E-state index is 0.0362. The fraction of sp³-hybridized carbons (Fsp3) is 0.400. The lowest BCUT2D eigenvalue weighted by molar-refractivity contribution is -0.118. The standard InChI is InChI=1S/C15H20N4O2S2/c1-10-4-5-12(8-11(10)2)17-14-18-19-15(23-14)22-9-13(20)16-6-7-21-3/h4-5,8H,6-7,9H2,1-3H3,(H,16,20)(H,17,18). The van der Waals surface area contributed by atoms with Crippen LogP contribution in [-0.2, 0) is 9.53 Å². The van der Waals surface area contributed by atoms with Crippen LogP contribution in [-0.4, -0.2) is 42.1 Å². The average Bonchev–Trinajstić information content (AvgIpc) is 2.97. The van der Waals surface area contributed by atoms with E-state index in [0.29, 0.717) is 18.9 Å². The molecule has 1 heterocycles. The van der Waals surface area contributed by atoms with Crippen LogP contribution in [0.5, 0.6) is 0 Å². The molecule has 0 bridgehead atoms. The Kier molecular flexibility index (Phi) is 6.82. The maximum absolute atomic E-state index is 11.6. The third-order valence-corrected chi connectivity index (χ3v) is 5.09. The summed E-state index contributed by atoms with van der Waals surface area (Å²) in [6.07, 6.45) is 0. The number of nitrogens with one attached hydrogen (secondary N) is 2. The summed E-state index contributed by atoms with van der Waals surface area (Å²) < 4.78 is 5.64. The number of hydrogen-bond donors (Lipinski definition) is 2. The Morgan fingerprint density at radius 3 is 2.87 bits per heavy atom. The van der Waals surface area contributed by atoms with Crippen LogP contribution in [0.25, 0.3) is 0 Å². The molecule has 0 saturated heterocycles. The van der Waals surface area contributed by atoms with Gasteiger partial charge in [0.15, 0.2) is 4.34 Å². The van der Waals surface area contributed by atoms with Crippen LogP contribution >= 0.6 is 23.1 Å². The molecule has 0 atom stereocenters. The lowest BCUT2D eigenvalue weighted by Gasteiger charge is -2.05. The first-order chi connectivity index (χ1) is 11.1. The van der Waals surface area contributed by atoms with E-state index in [2.05, 4.69) is 46.8 Å². The highest BCUT2D eigenvalue weighted by atomic mass is 32.2. The van der Waals surface area contributed by atoms with E-state index in [1.54, 1.807) is 7.11 Å². The molecule has 2 N–H and O–H groups in total. The number of amides is 1. The summed E-state index contributed by atoms with van der Waals surface area (Å²) in [6, 6.07) is 6.16. The molecule has 0 unspecified atom stereocenters. The van der Waals surface area contributed by atoms with Crippen molar-refractivity contribution in [1.82, 2.24) is 15.5 Å². The van der Waals surface area contributed by atoms with Crippen molar-refractivity contribution in [1.29, 1.82) is 0 Å². The monoisotopic (exact) mass is 352 g/mol. The Labute approximate surface area is 144 Å². The minimum Gasteiger partial charge on any atom is -0.383 e. The molecule has 0 spiro atoms. The van der Waals surface area contributed by atoms with Crippen molar-refractivity contribution in [2.24, 2.45) is 0 Å². The van der Waals surface area contributed by atoms with E-state index in [-0.39, 0.29) is 5.91 Å². The van der Waals surface area contributed by atoms with Crippen molar-refractivity contribution >= 4 is 39.8 Å². The van der Waals surface area contributed by atoms with E-state index in [1.807, 2.05) is 6.07 Å². The quantitative estimate of drug-likeness (QED) is 0.562. The molecule has 23 heavy (non-hydrogen) atoms. The molecule has 0 radical (unpaired) electrons. The second kappa shape index (κ2) is 8.85. The molecule has 1 amide bonds.